The van der Waals surface area contributed by atoms with E-state index in [1.807, 2.05) is 0 Å². The van der Waals surface area contributed by atoms with Crippen molar-refractivity contribution in [1.29, 1.82) is 0 Å². The van der Waals surface area contributed by atoms with Gasteiger partial charge < -0.3 is 9.84 Å². The van der Waals surface area contributed by atoms with Crippen molar-refractivity contribution in [2.45, 2.75) is 57.7 Å². The fourth-order valence-electron chi connectivity index (χ4n) is 2.95. The summed E-state index contributed by atoms with van der Waals surface area (Å²) in [5.41, 5.74) is 0.534. The van der Waals surface area contributed by atoms with Gasteiger partial charge in [0.1, 0.15) is 0 Å². The number of esters is 1. The summed E-state index contributed by atoms with van der Waals surface area (Å²) in [7, 11) is 0. The Morgan fingerprint density at radius 2 is 1.41 bits per heavy atom. The Bertz CT molecular complexity index is 712. The molecule has 0 amide bonds. The van der Waals surface area contributed by atoms with E-state index in [1.165, 1.54) is 12.8 Å². The highest BCUT2D eigenvalue weighted by Crippen LogP contribution is 2.28. The van der Waals surface area contributed by atoms with Crippen LogP contribution in [-0.2, 0) is 15.3 Å². The summed E-state index contributed by atoms with van der Waals surface area (Å²) in [6, 6.07) is 16.7. The van der Waals surface area contributed by atoms with Crippen LogP contribution in [0.3, 0.4) is 0 Å². The largest absolute Gasteiger partial charge is 0.420 e. The minimum atomic E-state index is -2.32. The van der Waals surface area contributed by atoms with E-state index in [2.05, 4.69) is 6.92 Å². The summed E-state index contributed by atoms with van der Waals surface area (Å²) in [5, 5.41) is 11.1. The van der Waals surface area contributed by atoms with Gasteiger partial charge in [-0.25, -0.2) is 0 Å². The molecule has 1 N–H and O–H groups in total. The molecule has 0 saturated heterocycles. The molecule has 27 heavy (non-hydrogen) atoms. The molecule has 0 aromatic heterocycles. The summed E-state index contributed by atoms with van der Waals surface area (Å²) < 4.78 is 5.34. The number of benzene rings is 2. The lowest BCUT2D eigenvalue weighted by Gasteiger charge is -2.27. The first-order valence-electron chi connectivity index (χ1n) is 9.67. The Hall–Kier alpha value is -2.46. The highest BCUT2D eigenvalue weighted by atomic mass is 16.7. The zero-order valence-electron chi connectivity index (χ0n) is 15.9. The zero-order chi connectivity index (χ0) is 19.5. The van der Waals surface area contributed by atoms with Crippen molar-refractivity contribution in [3.05, 3.63) is 71.8 Å². The van der Waals surface area contributed by atoms with Crippen LogP contribution in [0.2, 0.25) is 0 Å². The number of aliphatic hydroxyl groups is 1. The lowest BCUT2D eigenvalue weighted by molar-refractivity contribution is -0.193. The molecule has 1 unspecified atom stereocenters. The molecule has 0 bridgehead atoms. The Balaban J connectivity index is 2.07. The van der Waals surface area contributed by atoms with Gasteiger partial charge in [-0.15, -0.1) is 0 Å². The van der Waals surface area contributed by atoms with E-state index in [4.69, 9.17) is 4.74 Å². The predicted molar refractivity (Wildman–Crippen MR) is 105 cm³/mol. The first kappa shape index (κ1) is 20.8. The zero-order valence-corrected chi connectivity index (χ0v) is 15.9. The molecule has 0 radical (unpaired) electrons. The average Bonchev–Trinajstić information content (AvgIpc) is 2.71. The third-order valence-electron chi connectivity index (χ3n) is 4.50. The Morgan fingerprint density at radius 1 is 0.852 bits per heavy atom. The number of unbranched alkanes of at least 4 members (excludes halogenated alkanes) is 5. The molecular formula is C23H28O4. The maximum Gasteiger partial charge on any atom is 0.308 e. The Labute approximate surface area is 161 Å². The van der Waals surface area contributed by atoms with Gasteiger partial charge in [0, 0.05) is 17.5 Å². The van der Waals surface area contributed by atoms with Gasteiger partial charge in [-0.05, 0) is 6.42 Å². The van der Waals surface area contributed by atoms with Crippen LogP contribution in [0.5, 0.6) is 0 Å². The van der Waals surface area contributed by atoms with Crippen LogP contribution < -0.4 is 0 Å². The van der Waals surface area contributed by atoms with Crippen molar-refractivity contribution >= 4 is 11.8 Å². The standard InChI is InChI=1S/C23H28O4/c1-2-3-4-5-6-13-18-21(24)27-23(26,20-16-11-8-12-17-20)22(25)19-14-9-7-10-15-19/h7-12,14-17,26H,2-6,13,18H2,1H3. The number of carbonyl (C=O) groups excluding carboxylic acids is 2. The van der Waals surface area contributed by atoms with Crippen LogP contribution in [0, 0.1) is 0 Å². The number of hydrogen-bond donors (Lipinski definition) is 1. The molecule has 0 fully saturated rings. The first-order valence-corrected chi connectivity index (χ1v) is 9.67. The number of ketones is 1. The van der Waals surface area contributed by atoms with Gasteiger partial charge in [-0.3, -0.25) is 9.59 Å². The number of carbonyl (C=O) groups is 2. The van der Waals surface area contributed by atoms with Gasteiger partial charge in [-0.1, -0.05) is 99.7 Å². The van der Waals surface area contributed by atoms with Crippen molar-refractivity contribution in [2.24, 2.45) is 0 Å². The molecule has 2 aromatic rings. The molecule has 0 aliphatic rings. The summed E-state index contributed by atoms with van der Waals surface area (Å²) in [4.78, 5) is 25.2. The second-order valence-corrected chi connectivity index (χ2v) is 6.70. The van der Waals surface area contributed by atoms with E-state index in [-0.39, 0.29) is 17.5 Å². The minimum absolute atomic E-state index is 0.184. The molecule has 2 rings (SSSR count). The highest BCUT2D eigenvalue weighted by molar-refractivity contribution is 6.02. The van der Waals surface area contributed by atoms with E-state index in [1.54, 1.807) is 60.7 Å². The van der Waals surface area contributed by atoms with Crippen LogP contribution in [0.25, 0.3) is 0 Å². The van der Waals surface area contributed by atoms with Gasteiger partial charge in [0.25, 0.3) is 0 Å². The Kier molecular flexibility index (Phi) is 8.21. The monoisotopic (exact) mass is 368 g/mol. The summed E-state index contributed by atoms with van der Waals surface area (Å²) in [6.45, 7) is 2.16. The van der Waals surface area contributed by atoms with Gasteiger partial charge >= 0.3 is 11.8 Å². The van der Waals surface area contributed by atoms with Gasteiger partial charge in [0.2, 0.25) is 5.78 Å². The molecule has 144 valence electrons. The lowest BCUT2D eigenvalue weighted by Crippen LogP contribution is -2.40. The lowest BCUT2D eigenvalue weighted by atomic mass is 9.96. The fourth-order valence-corrected chi connectivity index (χ4v) is 2.95. The van der Waals surface area contributed by atoms with Gasteiger partial charge in [-0.2, -0.15) is 0 Å². The van der Waals surface area contributed by atoms with Crippen LogP contribution in [0.4, 0.5) is 0 Å². The van der Waals surface area contributed by atoms with E-state index < -0.39 is 17.5 Å². The SMILES string of the molecule is CCCCCCCCC(=O)OC(O)(C(=O)c1ccccc1)c1ccccc1. The number of hydrogen-bond acceptors (Lipinski definition) is 4. The summed E-state index contributed by atoms with van der Waals surface area (Å²) in [6.07, 6.45) is 6.42. The van der Waals surface area contributed by atoms with Crippen molar-refractivity contribution in [3.8, 4) is 0 Å². The third kappa shape index (κ3) is 6.04. The second kappa shape index (κ2) is 10.6. The second-order valence-electron chi connectivity index (χ2n) is 6.70. The molecule has 1 atom stereocenters. The highest BCUT2D eigenvalue weighted by Gasteiger charge is 2.42. The van der Waals surface area contributed by atoms with E-state index in [9.17, 15) is 14.7 Å². The van der Waals surface area contributed by atoms with Crippen molar-refractivity contribution in [3.63, 3.8) is 0 Å². The van der Waals surface area contributed by atoms with Crippen LogP contribution in [0.1, 0.15) is 67.8 Å². The van der Waals surface area contributed by atoms with Crippen LogP contribution in [-0.4, -0.2) is 16.9 Å². The van der Waals surface area contributed by atoms with Gasteiger partial charge in [0.05, 0.1) is 0 Å². The molecule has 4 heteroatoms. The summed E-state index contributed by atoms with van der Waals surface area (Å²) in [5.74, 6) is -3.53. The van der Waals surface area contributed by atoms with Crippen molar-refractivity contribution < 1.29 is 19.4 Å². The maximum absolute atomic E-state index is 12.9. The third-order valence-corrected chi connectivity index (χ3v) is 4.50. The Morgan fingerprint density at radius 3 is 2.04 bits per heavy atom. The number of ether oxygens (including phenoxy) is 1. The maximum atomic E-state index is 12.9. The van der Waals surface area contributed by atoms with Crippen LogP contribution >= 0.6 is 0 Å². The van der Waals surface area contributed by atoms with E-state index in [0.29, 0.717) is 6.42 Å². The quantitative estimate of drug-likeness (QED) is 0.262. The topological polar surface area (TPSA) is 63.6 Å². The molecular weight excluding hydrogens is 340 g/mol. The fraction of sp³-hybridized carbons (Fsp3) is 0.391. The number of rotatable bonds is 11. The van der Waals surface area contributed by atoms with Gasteiger partial charge in [0.15, 0.2) is 0 Å². The predicted octanol–water partition coefficient (Wildman–Crippen LogP) is 5.01. The molecule has 0 aliphatic carbocycles. The minimum Gasteiger partial charge on any atom is -0.420 e. The number of Topliss-reactive ketones (excluding diaryl/α,β-unsaturated/α-hetero) is 1. The summed E-state index contributed by atoms with van der Waals surface area (Å²) >= 11 is 0. The average molecular weight is 368 g/mol. The molecule has 2 aromatic carbocycles. The van der Waals surface area contributed by atoms with Crippen molar-refractivity contribution in [2.75, 3.05) is 0 Å². The smallest absolute Gasteiger partial charge is 0.308 e. The first-order chi connectivity index (χ1) is 13.1. The molecule has 4 nitrogen and oxygen atoms in total. The van der Waals surface area contributed by atoms with Crippen LogP contribution in [0.15, 0.2) is 60.7 Å². The molecule has 0 aliphatic heterocycles. The molecule has 0 heterocycles. The normalized spacial score (nSPS) is 13.0. The van der Waals surface area contributed by atoms with Crippen molar-refractivity contribution in [1.82, 2.24) is 0 Å². The van der Waals surface area contributed by atoms with E-state index in [0.717, 1.165) is 19.3 Å². The van der Waals surface area contributed by atoms with E-state index >= 15 is 0 Å². The molecule has 0 saturated carbocycles. The molecule has 0 spiro atoms.